The van der Waals surface area contributed by atoms with E-state index in [1.807, 2.05) is 12.1 Å². The van der Waals surface area contributed by atoms with Gasteiger partial charge in [0.2, 0.25) is 0 Å². The highest BCUT2D eigenvalue weighted by Crippen LogP contribution is 2.19. The van der Waals surface area contributed by atoms with E-state index in [4.69, 9.17) is 28.3 Å². The third kappa shape index (κ3) is 8.73. The van der Waals surface area contributed by atoms with Crippen molar-refractivity contribution in [2.45, 2.75) is 32.6 Å². The number of aliphatic hydroxyl groups is 1. The molecule has 0 aliphatic heterocycles. The lowest BCUT2D eigenvalue weighted by Crippen LogP contribution is -1.80. The Kier molecular flexibility index (Phi) is 10.1. The fourth-order valence-corrected chi connectivity index (χ4v) is 1.25. The van der Waals surface area contributed by atoms with Gasteiger partial charge >= 0.3 is 0 Å². The van der Waals surface area contributed by atoms with Crippen LogP contribution in [0.15, 0.2) is 24.3 Å². The topological polar surface area (TPSA) is 20.2 Å². The monoisotopic (exact) mass is 248 g/mol. The normalized spacial score (nSPS) is 9.33. The van der Waals surface area contributed by atoms with Crippen molar-refractivity contribution < 1.29 is 5.11 Å². The number of hydrogen-bond acceptors (Lipinski definition) is 1. The predicted octanol–water partition coefficient (Wildman–Crippen LogP) is 4.55. The second-order valence-electron chi connectivity index (χ2n) is 3.20. The molecule has 0 fully saturated rings. The first-order valence-corrected chi connectivity index (χ1v) is 5.98. The maximum absolute atomic E-state index is 8.29. The van der Waals surface area contributed by atoms with Gasteiger partial charge in [-0.25, -0.2) is 0 Å². The summed E-state index contributed by atoms with van der Waals surface area (Å²) in [6, 6.07) is 7.19. The molecule has 1 rings (SSSR count). The molecule has 1 N–H and O–H groups in total. The van der Waals surface area contributed by atoms with Crippen molar-refractivity contribution in [3.63, 3.8) is 0 Å². The van der Waals surface area contributed by atoms with Crippen LogP contribution in [0.3, 0.4) is 0 Å². The molecule has 0 aromatic heterocycles. The van der Waals surface area contributed by atoms with E-state index in [-0.39, 0.29) is 0 Å². The molecular formula is C12H18Cl2O. The highest BCUT2D eigenvalue weighted by atomic mass is 35.5. The molecule has 3 heteroatoms. The Morgan fingerprint density at radius 3 is 1.87 bits per heavy atom. The van der Waals surface area contributed by atoms with Crippen LogP contribution in [0.4, 0.5) is 0 Å². The van der Waals surface area contributed by atoms with E-state index in [2.05, 4.69) is 6.92 Å². The quantitative estimate of drug-likeness (QED) is 0.776. The second kappa shape index (κ2) is 10.3. The van der Waals surface area contributed by atoms with Gasteiger partial charge in [0.15, 0.2) is 0 Å². The fourth-order valence-electron chi connectivity index (χ4n) is 0.978. The highest BCUT2D eigenvalue weighted by molar-refractivity contribution is 6.41. The highest BCUT2D eigenvalue weighted by Gasteiger charge is 1.89. The lowest BCUT2D eigenvalue weighted by molar-refractivity contribution is 0.283. The molecule has 15 heavy (non-hydrogen) atoms. The van der Waals surface area contributed by atoms with Gasteiger partial charge in [-0.15, -0.1) is 0 Å². The Bertz CT molecular complexity index is 226. The number of unbranched alkanes of at least 4 members (excludes halogenated alkanes) is 3. The molecule has 0 bridgehead atoms. The minimum Gasteiger partial charge on any atom is -0.396 e. The Labute approximate surface area is 102 Å². The number of benzene rings is 1. The molecule has 1 aromatic rings. The van der Waals surface area contributed by atoms with Crippen LogP contribution in [0.2, 0.25) is 10.0 Å². The van der Waals surface area contributed by atoms with E-state index >= 15 is 0 Å². The van der Waals surface area contributed by atoms with Crippen LogP contribution in [0.1, 0.15) is 32.6 Å². The van der Waals surface area contributed by atoms with E-state index in [1.54, 1.807) is 12.1 Å². The SMILES string of the molecule is CCCCCCO.Clc1ccccc1Cl. The van der Waals surface area contributed by atoms with Gasteiger partial charge in [-0.1, -0.05) is 61.5 Å². The van der Waals surface area contributed by atoms with Crippen LogP contribution in [0.5, 0.6) is 0 Å². The smallest absolute Gasteiger partial charge is 0.0592 e. The zero-order valence-corrected chi connectivity index (χ0v) is 10.6. The van der Waals surface area contributed by atoms with Gasteiger partial charge in [-0.05, 0) is 18.6 Å². The summed E-state index contributed by atoms with van der Waals surface area (Å²) in [5.74, 6) is 0. The zero-order chi connectivity index (χ0) is 11.5. The standard InChI is InChI=1S/C6H4Cl2.C6H14O/c7-5-3-1-2-4-6(5)8;1-2-3-4-5-6-7/h1-4H;7H,2-6H2,1H3. The van der Waals surface area contributed by atoms with Crippen molar-refractivity contribution in [1.29, 1.82) is 0 Å². The molecule has 0 aliphatic rings. The number of halogens is 2. The summed E-state index contributed by atoms with van der Waals surface area (Å²) in [7, 11) is 0. The van der Waals surface area contributed by atoms with Crippen LogP contribution in [-0.4, -0.2) is 11.7 Å². The molecule has 0 unspecified atom stereocenters. The van der Waals surface area contributed by atoms with Gasteiger partial charge < -0.3 is 5.11 Å². The average Bonchev–Trinajstić information content (AvgIpc) is 2.24. The lowest BCUT2D eigenvalue weighted by Gasteiger charge is -1.90. The van der Waals surface area contributed by atoms with Crippen molar-refractivity contribution in [2.24, 2.45) is 0 Å². The molecule has 1 nitrogen and oxygen atoms in total. The first kappa shape index (κ1) is 14.8. The Morgan fingerprint density at radius 2 is 1.53 bits per heavy atom. The van der Waals surface area contributed by atoms with Gasteiger partial charge in [0.05, 0.1) is 10.0 Å². The molecule has 86 valence electrons. The van der Waals surface area contributed by atoms with Gasteiger partial charge in [0, 0.05) is 6.61 Å². The van der Waals surface area contributed by atoms with Crippen LogP contribution in [0, 0.1) is 0 Å². The first-order valence-electron chi connectivity index (χ1n) is 5.23. The summed E-state index contributed by atoms with van der Waals surface area (Å²) in [6.07, 6.45) is 4.68. The van der Waals surface area contributed by atoms with Crippen molar-refractivity contribution in [3.8, 4) is 0 Å². The molecule has 0 amide bonds. The van der Waals surface area contributed by atoms with E-state index in [9.17, 15) is 0 Å². The number of aliphatic hydroxyl groups excluding tert-OH is 1. The number of hydrogen-bond donors (Lipinski definition) is 1. The van der Waals surface area contributed by atoms with Crippen LogP contribution in [-0.2, 0) is 0 Å². The first-order chi connectivity index (χ1) is 7.22. The number of rotatable bonds is 4. The van der Waals surface area contributed by atoms with E-state index in [0.29, 0.717) is 16.7 Å². The fraction of sp³-hybridized carbons (Fsp3) is 0.500. The van der Waals surface area contributed by atoms with Crippen LogP contribution >= 0.6 is 23.2 Å². The Hall–Kier alpha value is -0.240. The molecular weight excluding hydrogens is 231 g/mol. The maximum Gasteiger partial charge on any atom is 0.0592 e. The molecule has 0 spiro atoms. The Balaban J connectivity index is 0.000000265. The minimum atomic E-state index is 0.361. The predicted molar refractivity (Wildman–Crippen MR) is 67.7 cm³/mol. The summed E-state index contributed by atoms with van der Waals surface area (Å²) in [4.78, 5) is 0. The van der Waals surface area contributed by atoms with Crippen molar-refractivity contribution in [1.82, 2.24) is 0 Å². The largest absolute Gasteiger partial charge is 0.396 e. The van der Waals surface area contributed by atoms with Gasteiger partial charge in [0.1, 0.15) is 0 Å². The maximum atomic E-state index is 8.29. The summed E-state index contributed by atoms with van der Waals surface area (Å²) in [5.41, 5.74) is 0. The molecule has 0 aliphatic carbocycles. The van der Waals surface area contributed by atoms with E-state index in [1.165, 1.54) is 19.3 Å². The second-order valence-corrected chi connectivity index (χ2v) is 4.01. The molecule has 0 heterocycles. The molecule has 0 saturated carbocycles. The lowest BCUT2D eigenvalue weighted by atomic mass is 10.2. The molecule has 0 saturated heterocycles. The zero-order valence-electron chi connectivity index (χ0n) is 9.05. The third-order valence-electron chi connectivity index (χ3n) is 1.84. The van der Waals surface area contributed by atoms with Gasteiger partial charge in [0.25, 0.3) is 0 Å². The van der Waals surface area contributed by atoms with Gasteiger partial charge in [-0.3, -0.25) is 0 Å². The third-order valence-corrected chi connectivity index (χ3v) is 2.59. The Morgan fingerprint density at radius 1 is 1.00 bits per heavy atom. The summed E-state index contributed by atoms with van der Waals surface area (Å²) >= 11 is 11.2. The molecule has 0 radical (unpaired) electrons. The van der Waals surface area contributed by atoms with Crippen molar-refractivity contribution in [2.75, 3.05) is 6.61 Å². The average molecular weight is 249 g/mol. The van der Waals surface area contributed by atoms with Crippen LogP contribution < -0.4 is 0 Å². The van der Waals surface area contributed by atoms with Crippen LogP contribution in [0.25, 0.3) is 0 Å². The summed E-state index contributed by atoms with van der Waals surface area (Å²) in [5, 5.41) is 9.50. The summed E-state index contributed by atoms with van der Waals surface area (Å²) in [6.45, 7) is 2.53. The molecule has 0 atom stereocenters. The van der Waals surface area contributed by atoms with Gasteiger partial charge in [-0.2, -0.15) is 0 Å². The van der Waals surface area contributed by atoms with Crippen molar-refractivity contribution >= 4 is 23.2 Å². The minimum absolute atomic E-state index is 0.361. The molecule has 1 aromatic carbocycles. The van der Waals surface area contributed by atoms with Crippen molar-refractivity contribution in [3.05, 3.63) is 34.3 Å². The van der Waals surface area contributed by atoms with E-state index < -0.39 is 0 Å². The summed E-state index contributed by atoms with van der Waals surface area (Å²) < 4.78 is 0. The van der Waals surface area contributed by atoms with E-state index in [0.717, 1.165) is 6.42 Å².